The van der Waals surface area contributed by atoms with Gasteiger partial charge in [0, 0.05) is 24.5 Å². The Morgan fingerprint density at radius 3 is 2.57 bits per heavy atom. The maximum absolute atomic E-state index is 12.9. The van der Waals surface area contributed by atoms with Gasteiger partial charge in [0.05, 0.1) is 37.1 Å². The van der Waals surface area contributed by atoms with Crippen LogP contribution in [0, 0.1) is 11.8 Å². The third-order valence-corrected chi connectivity index (χ3v) is 9.15. The summed E-state index contributed by atoms with van der Waals surface area (Å²) in [5, 5.41) is 31.5. The summed E-state index contributed by atoms with van der Waals surface area (Å²) < 4.78 is 54.8. The molecule has 1 saturated heterocycles. The standard InChI is InChI=1S/C30H40F3NO7S/c31-30(32,33)20-3-1-4-22(17-20)41-19-21(35)7-9-25-24(26(36)18-27(25)37)6-2-5-23-8-10-28(42-23)29(38)40-16-13-34-11-14-39-15-12-34/h1,3-4,8,10,17,21,24-27,35-37H,2,5-7,9,11-16,18-19H2/t21-,24+,25-,26+,27-/m1/s1. The number of thiophene rings is 1. The van der Waals surface area contributed by atoms with Gasteiger partial charge in [0.1, 0.15) is 23.8 Å². The molecule has 1 aliphatic heterocycles. The molecule has 0 spiro atoms. The van der Waals surface area contributed by atoms with Crippen molar-refractivity contribution in [3.8, 4) is 5.75 Å². The van der Waals surface area contributed by atoms with E-state index in [0.29, 0.717) is 44.1 Å². The number of aryl methyl sites for hydroxylation is 1. The van der Waals surface area contributed by atoms with Crippen LogP contribution < -0.4 is 4.74 Å². The summed E-state index contributed by atoms with van der Waals surface area (Å²) in [5.41, 5.74) is -0.821. The average molecular weight is 616 g/mol. The Balaban J connectivity index is 1.17. The number of alkyl halides is 3. The zero-order valence-corrected chi connectivity index (χ0v) is 24.3. The monoisotopic (exact) mass is 615 g/mol. The second kappa shape index (κ2) is 15.5. The van der Waals surface area contributed by atoms with Crippen LogP contribution in [0.15, 0.2) is 36.4 Å². The summed E-state index contributed by atoms with van der Waals surface area (Å²) in [7, 11) is 0. The molecule has 1 aliphatic carbocycles. The van der Waals surface area contributed by atoms with E-state index in [9.17, 15) is 33.3 Å². The molecule has 2 aliphatic rings. The van der Waals surface area contributed by atoms with Crippen LogP contribution in [0.1, 0.15) is 52.2 Å². The van der Waals surface area contributed by atoms with E-state index in [-0.39, 0.29) is 43.0 Å². The van der Waals surface area contributed by atoms with Crippen molar-refractivity contribution in [2.24, 2.45) is 11.8 Å². The fourth-order valence-electron chi connectivity index (χ4n) is 5.70. The molecule has 1 aromatic heterocycles. The Bertz CT molecular complexity index is 1120. The number of benzene rings is 1. The van der Waals surface area contributed by atoms with Crippen LogP contribution in [0.25, 0.3) is 0 Å². The molecule has 0 amide bonds. The second-order valence-corrected chi connectivity index (χ2v) is 12.2. The first kappa shape index (κ1) is 32.7. The van der Waals surface area contributed by atoms with Crippen molar-refractivity contribution in [2.45, 2.75) is 63.0 Å². The zero-order chi connectivity index (χ0) is 30.1. The van der Waals surface area contributed by atoms with Crippen molar-refractivity contribution in [3.63, 3.8) is 0 Å². The van der Waals surface area contributed by atoms with E-state index in [1.165, 1.54) is 23.5 Å². The molecule has 1 saturated carbocycles. The minimum atomic E-state index is -4.48. The number of hydrogen-bond acceptors (Lipinski definition) is 9. The first-order valence-electron chi connectivity index (χ1n) is 14.5. The van der Waals surface area contributed by atoms with Crippen LogP contribution in [0.3, 0.4) is 0 Å². The molecule has 0 unspecified atom stereocenters. The second-order valence-electron chi connectivity index (χ2n) is 11.0. The molecule has 0 bridgehead atoms. The van der Waals surface area contributed by atoms with Crippen molar-refractivity contribution in [3.05, 3.63) is 51.7 Å². The third kappa shape index (κ3) is 9.65. The first-order valence-corrected chi connectivity index (χ1v) is 15.3. The van der Waals surface area contributed by atoms with Crippen LogP contribution in [-0.4, -0.2) is 90.6 Å². The highest BCUT2D eigenvalue weighted by molar-refractivity contribution is 7.13. The molecule has 0 radical (unpaired) electrons. The molecular weight excluding hydrogens is 575 g/mol. The molecule has 2 heterocycles. The van der Waals surface area contributed by atoms with Crippen molar-refractivity contribution >= 4 is 17.3 Å². The van der Waals surface area contributed by atoms with Gasteiger partial charge >= 0.3 is 12.1 Å². The predicted molar refractivity (Wildman–Crippen MR) is 151 cm³/mol. The number of halogens is 3. The molecule has 5 atom stereocenters. The number of carbonyl (C=O) groups is 1. The van der Waals surface area contributed by atoms with E-state index in [2.05, 4.69) is 4.90 Å². The number of nitrogens with zero attached hydrogens (tertiary/aromatic N) is 1. The van der Waals surface area contributed by atoms with E-state index >= 15 is 0 Å². The number of morpholine rings is 1. The molecule has 1 aromatic carbocycles. The van der Waals surface area contributed by atoms with Gasteiger partial charge in [0.25, 0.3) is 0 Å². The summed E-state index contributed by atoms with van der Waals surface area (Å²) in [6, 6.07) is 8.20. The number of aliphatic hydroxyl groups is 3. The van der Waals surface area contributed by atoms with Crippen LogP contribution in [0.2, 0.25) is 0 Å². The lowest BCUT2D eigenvalue weighted by Crippen LogP contribution is -2.38. The van der Waals surface area contributed by atoms with Gasteiger partial charge in [-0.15, -0.1) is 11.3 Å². The lowest BCUT2D eigenvalue weighted by molar-refractivity contribution is -0.137. The fraction of sp³-hybridized carbons (Fsp3) is 0.633. The SMILES string of the molecule is O=C(OCCN1CCOCC1)c1ccc(CCC[C@H]2[C@@H](CC[C@@H](O)COc3cccc(C(F)(F)F)c3)[C@H](O)C[C@@H]2O)s1. The minimum absolute atomic E-state index is 0.0241. The summed E-state index contributed by atoms with van der Waals surface area (Å²) in [6.07, 6.45) is -3.57. The Kier molecular flexibility index (Phi) is 12.1. The van der Waals surface area contributed by atoms with E-state index in [0.717, 1.165) is 42.9 Å². The predicted octanol–water partition coefficient (Wildman–Crippen LogP) is 4.16. The Morgan fingerprint density at radius 1 is 1.10 bits per heavy atom. The van der Waals surface area contributed by atoms with Gasteiger partial charge < -0.3 is 29.5 Å². The van der Waals surface area contributed by atoms with Crippen LogP contribution in [0.4, 0.5) is 13.2 Å². The number of esters is 1. The van der Waals surface area contributed by atoms with Gasteiger partial charge in [0.15, 0.2) is 0 Å². The largest absolute Gasteiger partial charge is 0.491 e. The fourth-order valence-corrected chi connectivity index (χ4v) is 6.64. The smallest absolute Gasteiger partial charge is 0.416 e. The maximum atomic E-state index is 12.9. The van der Waals surface area contributed by atoms with Gasteiger partial charge in [-0.3, -0.25) is 4.90 Å². The normalized spacial score (nSPS) is 24.0. The minimum Gasteiger partial charge on any atom is -0.491 e. The van der Waals surface area contributed by atoms with Crippen LogP contribution >= 0.6 is 11.3 Å². The summed E-state index contributed by atoms with van der Waals surface area (Å²) in [5.74, 6) is -0.648. The number of carbonyl (C=O) groups excluding carboxylic acids is 1. The summed E-state index contributed by atoms with van der Waals surface area (Å²) >= 11 is 1.40. The number of aliphatic hydroxyl groups excluding tert-OH is 3. The third-order valence-electron chi connectivity index (χ3n) is 8.03. The lowest BCUT2D eigenvalue weighted by Gasteiger charge is -2.26. The molecule has 3 N–H and O–H groups in total. The van der Waals surface area contributed by atoms with Crippen molar-refractivity contribution < 1.29 is 47.5 Å². The number of rotatable bonds is 14. The van der Waals surface area contributed by atoms with E-state index in [4.69, 9.17) is 14.2 Å². The number of hydrogen-bond donors (Lipinski definition) is 3. The Hall–Kier alpha value is -2.22. The molecular formula is C30H40F3NO7S. The maximum Gasteiger partial charge on any atom is 0.416 e. The summed E-state index contributed by atoms with van der Waals surface area (Å²) in [4.78, 5) is 16.2. The molecule has 12 heteroatoms. The first-order chi connectivity index (χ1) is 20.1. The molecule has 2 fully saturated rings. The zero-order valence-electron chi connectivity index (χ0n) is 23.5. The van der Waals surface area contributed by atoms with E-state index in [1.54, 1.807) is 6.07 Å². The Labute approximate surface area is 248 Å². The quantitative estimate of drug-likeness (QED) is 0.272. The van der Waals surface area contributed by atoms with E-state index in [1.807, 2.05) is 6.07 Å². The van der Waals surface area contributed by atoms with Gasteiger partial charge in [-0.25, -0.2) is 4.79 Å². The van der Waals surface area contributed by atoms with Crippen molar-refractivity contribution in [1.82, 2.24) is 4.90 Å². The molecule has 8 nitrogen and oxygen atoms in total. The lowest BCUT2D eigenvalue weighted by atomic mass is 9.85. The molecule has 2 aromatic rings. The van der Waals surface area contributed by atoms with Crippen molar-refractivity contribution in [2.75, 3.05) is 46.1 Å². The Morgan fingerprint density at radius 2 is 1.83 bits per heavy atom. The van der Waals surface area contributed by atoms with Crippen LogP contribution in [-0.2, 0) is 22.1 Å². The average Bonchev–Trinajstić information content (AvgIpc) is 3.54. The van der Waals surface area contributed by atoms with Gasteiger partial charge in [0.2, 0.25) is 0 Å². The van der Waals surface area contributed by atoms with E-state index < -0.39 is 30.1 Å². The molecule has 234 valence electrons. The highest BCUT2D eigenvalue weighted by Crippen LogP contribution is 2.39. The molecule has 42 heavy (non-hydrogen) atoms. The highest BCUT2D eigenvalue weighted by atomic mass is 32.1. The summed E-state index contributed by atoms with van der Waals surface area (Å²) in [6.45, 7) is 3.92. The van der Waals surface area contributed by atoms with Crippen LogP contribution in [0.5, 0.6) is 5.75 Å². The van der Waals surface area contributed by atoms with Gasteiger partial charge in [-0.05, 0) is 80.7 Å². The van der Waals surface area contributed by atoms with Gasteiger partial charge in [-0.1, -0.05) is 6.07 Å². The highest BCUT2D eigenvalue weighted by Gasteiger charge is 2.41. The van der Waals surface area contributed by atoms with Gasteiger partial charge in [-0.2, -0.15) is 13.2 Å². The topological polar surface area (TPSA) is 109 Å². The number of ether oxygens (including phenoxy) is 3. The van der Waals surface area contributed by atoms with Crippen molar-refractivity contribution in [1.29, 1.82) is 0 Å². The molecule has 4 rings (SSSR count).